The average Bonchev–Trinajstić information content (AvgIpc) is 3.47. The van der Waals surface area contributed by atoms with Gasteiger partial charge in [0.05, 0.1) is 17.6 Å². The van der Waals surface area contributed by atoms with Crippen LogP contribution in [0.25, 0.3) is 22.3 Å². The molecule has 6 heteroatoms. The Morgan fingerprint density at radius 1 is 1.09 bits per heavy atom. The Balaban J connectivity index is 1.17. The second kappa shape index (κ2) is 9.34. The monoisotopic (exact) mass is 467 g/mol. The number of likely N-dealkylation sites (tertiary alicyclic amines) is 1. The molecule has 1 aliphatic heterocycles. The molecule has 2 aromatic heterocycles. The SMILES string of the molecule is CCN(Cc1ccccc1)C1CCN(C(=O)c2ccc3[nH]c4c(c3c2)CCCc2cn[nH]c2-4)CC1. The van der Waals surface area contributed by atoms with Gasteiger partial charge in [-0.15, -0.1) is 0 Å². The van der Waals surface area contributed by atoms with Crippen LogP contribution in [0, 0.1) is 0 Å². The molecule has 180 valence electrons. The maximum Gasteiger partial charge on any atom is 0.253 e. The van der Waals surface area contributed by atoms with Crippen molar-refractivity contribution in [1.29, 1.82) is 0 Å². The predicted octanol–water partition coefficient (Wildman–Crippen LogP) is 5.17. The van der Waals surface area contributed by atoms with E-state index in [1.54, 1.807) is 0 Å². The van der Waals surface area contributed by atoms with Gasteiger partial charge in [0.15, 0.2) is 0 Å². The molecule has 6 nitrogen and oxygen atoms in total. The Labute approximate surface area is 206 Å². The summed E-state index contributed by atoms with van der Waals surface area (Å²) in [6.07, 6.45) is 7.12. The van der Waals surface area contributed by atoms with Crippen LogP contribution in [0.3, 0.4) is 0 Å². The highest BCUT2D eigenvalue weighted by molar-refractivity contribution is 6.00. The zero-order chi connectivity index (χ0) is 23.8. The first-order chi connectivity index (χ1) is 17.2. The van der Waals surface area contributed by atoms with Gasteiger partial charge in [-0.2, -0.15) is 5.10 Å². The largest absolute Gasteiger partial charge is 0.353 e. The van der Waals surface area contributed by atoms with Crippen LogP contribution in [0.5, 0.6) is 0 Å². The number of nitrogens with zero attached hydrogens (tertiary/aromatic N) is 3. The number of amides is 1. The van der Waals surface area contributed by atoms with Gasteiger partial charge in [0.1, 0.15) is 0 Å². The quantitative estimate of drug-likeness (QED) is 0.425. The fourth-order valence-electron chi connectivity index (χ4n) is 5.96. The maximum absolute atomic E-state index is 13.5. The fourth-order valence-corrected chi connectivity index (χ4v) is 5.96. The summed E-state index contributed by atoms with van der Waals surface area (Å²) in [5, 5.41) is 8.61. The van der Waals surface area contributed by atoms with Crippen LogP contribution < -0.4 is 0 Å². The Hall–Kier alpha value is -3.38. The van der Waals surface area contributed by atoms with Crippen molar-refractivity contribution in [2.75, 3.05) is 19.6 Å². The van der Waals surface area contributed by atoms with Crippen molar-refractivity contribution >= 4 is 16.8 Å². The number of benzene rings is 2. The van der Waals surface area contributed by atoms with E-state index >= 15 is 0 Å². The van der Waals surface area contributed by atoms with Gasteiger partial charge in [0.2, 0.25) is 0 Å². The minimum Gasteiger partial charge on any atom is -0.353 e. The van der Waals surface area contributed by atoms with Crippen molar-refractivity contribution in [3.63, 3.8) is 0 Å². The maximum atomic E-state index is 13.5. The summed E-state index contributed by atoms with van der Waals surface area (Å²) in [5.74, 6) is 0.155. The Kier molecular flexibility index (Phi) is 5.90. The van der Waals surface area contributed by atoms with Crippen LogP contribution in [-0.4, -0.2) is 56.6 Å². The molecule has 0 bridgehead atoms. The molecular formula is C29H33N5O. The smallest absolute Gasteiger partial charge is 0.253 e. The molecule has 2 aliphatic rings. The third kappa shape index (κ3) is 4.16. The summed E-state index contributed by atoms with van der Waals surface area (Å²) in [6, 6.07) is 17.4. The number of H-pyrrole nitrogens is 2. The number of carbonyl (C=O) groups is 1. The van der Waals surface area contributed by atoms with Crippen LogP contribution in [0.15, 0.2) is 54.7 Å². The molecule has 3 heterocycles. The lowest BCUT2D eigenvalue weighted by Gasteiger charge is -2.38. The standard InChI is InChI=1S/C29H33N5O/c1-2-33(19-20-7-4-3-5-8-20)23-13-15-34(16-14-23)29(35)21-11-12-26-25(17-21)24-10-6-9-22-18-30-32-27(22)28(24)31-26/h3-5,7-8,11-12,17-18,23,31H,2,6,9-10,13-16,19H2,1H3,(H,30,32). The van der Waals surface area contributed by atoms with E-state index in [9.17, 15) is 4.79 Å². The first kappa shape index (κ1) is 22.1. The number of piperidine rings is 1. The average molecular weight is 468 g/mol. The molecule has 1 aliphatic carbocycles. The van der Waals surface area contributed by atoms with E-state index in [1.165, 1.54) is 22.1 Å². The molecule has 1 saturated heterocycles. The molecular weight excluding hydrogens is 434 g/mol. The lowest BCUT2D eigenvalue weighted by atomic mass is 10.00. The topological polar surface area (TPSA) is 68.0 Å². The predicted molar refractivity (Wildman–Crippen MR) is 139 cm³/mol. The summed E-state index contributed by atoms with van der Waals surface area (Å²) in [5.41, 5.74) is 8.04. The Morgan fingerprint density at radius 2 is 1.91 bits per heavy atom. The molecule has 0 radical (unpaired) electrons. The number of carbonyl (C=O) groups excluding carboxylic acids is 1. The Bertz CT molecular complexity index is 1330. The lowest BCUT2D eigenvalue weighted by Crippen LogP contribution is -2.46. The van der Waals surface area contributed by atoms with Gasteiger partial charge in [0, 0.05) is 42.1 Å². The van der Waals surface area contributed by atoms with Crippen molar-refractivity contribution in [1.82, 2.24) is 25.0 Å². The van der Waals surface area contributed by atoms with E-state index in [4.69, 9.17) is 0 Å². The highest BCUT2D eigenvalue weighted by atomic mass is 16.2. The van der Waals surface area contributed by atoms with E-state index in [0.29, 0.717) is 6.04 Å². The van der Waals surface area contributed by atoms with Gasteiger partial charge in [-0.1, -0.05) is 37.3 Å². The van der Waals surface area contributed by atoms with Gasteiger partial charge in [-0.3, -0.25) is 14.8 Å². The van der Waals surface area contributed by atoms with E-state index in [1.807, 2.05) is 17.2 Å². The number of rotatable bonds is 5. The number of aromatic nitrogens is 3. The first-order valence-electron chi connectivity index (χ1n) is 13.0. The van der Waals surface area contributed by atoms with Gasteiger partial charge in [-0.05, 0) is 73.5 Å². The van der Waals surface area contributed by atoms with Gasteiger partial charge in [0.25, 0.3) is 5.91 Å². The number of aromatic amines is 2. The number of nitrogens with one attached hydrogen (secondary N) is 2. The summed E-state index contributed by atoms with van der Waals surface area (Å²) < 4.78 is 0. The van der Waals surface area contributed by atoms with E-state index in [0.717, 1.165) is 80.8 Å². The molecule has 0 saturated carbocycles. The van der Waals surface area contributed by atoms with E-state index < -0.39 is 0 Å². The van der Waals surface area contributed by atoms with Crippen LogP contribution in [0.4, 0.5) is 0 Å². The van der Waals surface area contributed by atoms with Crippen LogP contribution in [0.1, 0.15) is 53.2 Å². The van der Waals surface area contributed by atoms with Crippen molar-refractivity contribution in [3.05, 3.63) is 77.0 Å². The zero-order valence-corrected chi connectivity index (χ0v) is 20.4. The third-order valence-corrected chi connectivity index (χ3v) is 7.90. The van der Waals surface area contributed by atoms with Crippen LogP contribution >= 0.6 is 0 Å². The van der Waals surface area contributed by atoms with Crippen molar-refractivity contribution < 1.29 is 4.79 Å². The fraction of sp³-hybridized carbons (Fsp3) is 0.379. The summed E-state index contributed by atoms with van der Waals surface area (Å²) in [4.78, 5) is 21.7. The Morgan fingerprint density at radius 3 is 2.71 bits per heavy atom. The molecule has 1 fully saturated rings. The second-order valence-electron chi connectivity index (χ2n) is 9.93. The van der Waals surface area contributed by atoms with Gasteiger partial charge >= 0.3 is 0 Å². The molecule has 0 unspecified atom stereocenters. The number of hydrogen-bond donors (Lipinski definition) is 2. The normalized spacial score (nSPS) is 16.3. The van der Waals surface area contributed by atoms with E-state index in [-0.39, 0.29) is 5.91 Å². The third-order valence-electron chi connectivity index (χ3n) is 7.90. The molecule has 35 heavy (non-hydrogen) atoms. The first-order valence-corrected chi connectivity index (χ1v) is 13.0. The van der Waals surface area contributed by atoms with Crippen LogP contribution in [0.2, 0.25) is 0 Å². The molecule has 1 amide bonds. The number of fused-ring (bicyclic) bond motifs is 5. The molecule has 6 rings (SSSR count). The highest BCUT2D eigenvalue weighted by Crippen LogP contribution is 2.36. The second-order valence-corrected chi connectivity index (χ2v) is 9.93. The number of aryl methyl sites for hydroxylation is 2. The molecule has 0 spiro atoms. The highest BCUT2D eigenvalue weighted by Gasteiger charge is 2.28. The van der Waals surface area contributed by atoms with E-state index in [2.05, 4.69) is 69.5 Å². The lowest BCUT2D eigenvalue weighted by molar-refractivity contribution is 0.0615. The van der Waals surface area contributed by atoms with Gasteiger partial charge < -0.3 is 9.88 Å². The minimum atomic E-state index is 0.155. The zero-order valence-electron chi connectivity index (χ0n) is 20.4. The molecule has 0 atom stereocenters. The van der Waals surface area contributed by atoms with Crippen molar-refractivity contribution in [2.45, 2.75) is 51.6 Å². The minimum absolute atomic E-state index is 0.155. The molecule has 2 aromatic carbocycles. The number of hydrogen-bond acceptors (Lipinski definition) is 3. The van der Waals surface area contributed by atoms with Crippen LogP contribution in [-0.2, 0) is 19.4 Å². The molecule has 2 N–H and O–H groups in total. The van der Waals surface area contributed by atoms with Crippen molar-refractivity contribution in [3.8, 4) is 11.4 Å². The summed E-state index contributed by atoms with van der Waals surface area (Å²) >= 11 is 0. The summed E-state index contributed by atoms with van der Waals surface area (Å²) in [7, 11) is 0. The van der Waals surface area contributed by atoms with Crippen molar-refractivity contribution in [2.24, 2.45) is 0 Å². The molecule has 4 aromatic rings. The van der Waals surface area contributed by atoms with Gasteiger partial charge in [-0.25, -0.2) is 0 Å². The summed E-state index contributed by atoms with van der Waals surface area (Å²) in [6.45, 7) is 5.87.